The molecule has 0 N–H and O–H groups in total. The minimum atomic E-state index is -0.127. The summed E-state index contributed by atoms with van der Waals surface area (Å²) < 4.78 is 5.22. The highest BCUT2D eigenvalue weighted by Gasteiger charge is 2.18. The Bertz CT molecular complexity index is 649. The van der Waals surface area contributed by atoms with Crippen LogP contribution in [0.1, 0.15) is 28.4 Å². The molecule has 1 unspecified atom stereocenters. The fourth-order valence-corrected chi connectivity index (χ4v) is 3.14. The number of hydrogen-bond acceptors (Lipinski definition) is 3. The van der Waals surface area contributed by atoms with E-state index in [2.05, 4.69) is 0 Å². The first-order valence-corrected chi connectivity index (χ1v) is 7.81. The van der Waals surface area contributed by atoms with E-state index in [-0.39, 0.29) is 11.0 Å². The van der Waals surface area contributed by atoms with Crippen molar-refractivity contribution in [3.8, 4) is 5.75 Å². The van der Waals surface area contributed by atoms with Gasteiger partial charge < -0.3 is 4.74 Å². The highest BCUT2D eigenvalue weighted by atomic mass is 32.2. The molecular weight excluding hydrogens is 280 g/mol. The highest BCUT2D eigenvalue weighted by molar-refractivity contribution is 8.00. The van der Waals surface area contributed by atoms with Crippen LogP contribution >= 0.6 is 11.8 Å². The van der Waals surface area contributed by atoms with Crippen LogP contribution < -0.4 is 4.74 Å². The van der Waals surface area contributed by atoms with Gasteiger partial charge in [-0.05, 0) is 50.6 Å². The molecule has 0 saturated heterocycles. The van der Waals surface area contributed by atoms with Crippen molar-refractivity contribution in [2.45, 2.75) is 30.9 Å². The Morgan fingerprint density at radius 1 is 1.14 bits per heavy atom. The van der Waals surface area contributed by atoms with Crippen LogP contribution in [-0.2, 0) is 0 Å². The molecule has 2 aromatic rings. The number of benzene rings is 2. The van der Waals surface area contributed by atoms with Crippen LogP contribution in [0.4, 0.5) is 0 Å². The maximum absolute atomic E-state index is 12.6. The van der Waals surface area contributed by atoms with Crippen molar-refractivity contribution in [3.63, 3.8) is 0 Å². The number of thioether (sulfide) groups is 1. The molecule has 0 saturated carbocycles. The van der Waals surface area contributed by atoms with Crippen molar-refractivity contribution in [2.24, 2.45) is 0 Å². The smallest absolute Gasteiger partial charge is 0.176 e. The average molecular weight is 300 g/mol. The lowest BCUT2D eigenvalue weighted by Gasteiger charge is -2.13. The third kappa shape index (κ3) is 3.88. The number of rotatable bonds is 5. The summed E-state index contributed by atoms with van der Waals surface area (Å²) in [7, 11) is 1.65. The fraction of sp³-hybridized carbons (Fsp3) is 0.278. The molecule has 0 aliphatic carbocycles. The fourth-order valence-electron chi connectivity index (χ4n) is 2.15. The van der Waals surface area contributed by atoms with Gasteiger partial charge in [0.15, 0.2) is 5.78 Å². The second kappa shape index (κ2) is 6.81. The molecule has 0 bridgehead atoms. The zero-order valence-electron chi connectivity index (χ0n) is 12.8. The summed E-state index contributed by atoms with van der Waals surface area (Å²) in [5.74, 6) is 0.982. The van der Waals surface area contributed by atoms with Crippen LogP contribution in [-0.4, -0.2) is 18.1 Å². The number of hydrogen-bond donors (Lipinski definition) is 0. The van der Waals surface area contributed by atoms with Gasteiger partial charge >= 0.3 is 0 Å². The van der Waals surface area contributed by atoms with Crippen molar-refractivity contribution in [1.82, 2.24) is 0 Å². The molecule has 2 nitrogen and oxygen atoms in total. The van der Waals surface area contributed by atoms with Gasteiger partial charge in [0.2, 0.25) is 0 Å². The highest BCUT2D eigenvalue weighted by Crippen LogP contribution is 2.29. The van der Waals surface area contributed by atoms with Gasteiger partial charge in [0, 0.05) is 10.5 Å². The Hall–Kier alpha value is -1.74. The molecule has 2 aromatic carbocycles. The largest absolute Gasteiger partial charge is 0.497 e. The summed E-state index contributed by atoms with van der Waals surface area (Å²) in [4.78, 5) is 13.7. The van der Waals surface area contributed by atoms with E-state index in [9.17, 15) is 4.79 Å². The number of carbonyl (C=O) groups excluding carboxylic acids is 1. The van der Waals surface area contributed by atoms with Crippen LogP contribution in [0.15, 0.2) is 47.4 Å². The van der Waals surface area contributed by atoms with Gasteiger partial charge in [-0.2, -0.15) is 0 Å². The van der Waals surface area contributed by atoms with Crippen molar-refractivity contribution >= 4 is 17.5 Å². The molecule has 1 atom stereocenters. The molecule has 110 valence electrons. The summed E-state index contributed by atoms with van der Waals surface area (Å²) >= 11 is 1.56. The SMILES string of the molecule is COc1cccc(SC(C)C(=O)c2cc(C)ccc2C)c1. The zero-order chi connectivity index (χ0) is 15.4. The quantitative estimate of drug-likeness (QED) is 0.592. The molecule has 0 spiro atoms. The van der Waals surface area contributed by atoms with Crippen LogP contribution in [0.2, 0.25) is 0 Å². The number of ether oxygens (including phenoxy) is 1. The second-order valence-electron chi connectivity index (χ2n) is 5.12. The predicted octanol–water partition coefficient (Wildman–Crippen LogP) is 4.68. The molecule has 3 heteroatoms. The number of Topliss-reactive ketones (excluding diaryl/α,β-unsaturated/α-hetero) is 1. The first-order chi connectivity index (χ1) is 10.0. The minimum Gasteiger partial charge on any atom is -0.497 e. The monoisotopic (exact) mass is 300 g/mol. The first-order valence-electron chi connectivity index (χ1n) is 6.93. The van der Waals surface area contributed by atoms with Crippen LogP contribution in [0.25, 0.3) is 0 Å². The van der Waals surface area contributed by atoms with Crippen LogP contribution in [0.5, 0.6) is 5.75 Å². The van der Waals surface area contributed by atoms with E-state index >= 15 is 0 Å². The van der Waals surface area contributed by atoms with Gasteiger partial charge in [-0.3, -0.25) is 4.79 Å². The lowest BCUT2D eigenvalue weighted by atomic mass is 10.0. The van der Waals surface area contributed by atoms with Crippen molar-refractivity contribution in [2.75, 3.05) is 7.11 Å². The first kappa shape index (κ1) is 15.6. The average Bonchev–Trinajstić information content (AvgIpc) is 2.49. The summed E-state index contributed by atoms with van der Waals surface area (Å²) in [6.07, 6.45) is 0. The summed E-state index contributed by atoms with van der Waals surface area (Å²) in [5, 5.41) is -0.127. The standard InChI is InChI=1S/C18H20O2S/c1-12-8-9-13(2)17(10-12)18(19)14(3)21-16-7-5-6-15(11-16)20-4/h5-11,14H,1-4H3. The van der Waals surface area contributed by atoms with Crippen molar-refractivity contribution < 1.29 is 9.53 Å². The number of methoxy groups -OCH3 is 1. The van der Waals surface area contributed by atoms with Crippen molar-refractivity contribution in [1.29, 1.82) is 0 Å². The third-order valence-corrected chi connectivity index (χ3v) is 4.48. The Balaban J connectivity index is 2.17. The molecule has 0 aliphatic heterocycles. The van der Waals surface area contributed by atoms with E-state index in [1.807, 2.05) is 63.2 Å². The summed E-state index contributed by atoms with van der Waals surface area (Å²) in [6, 6.07) is 13.8. The van der Waals surface area contributed by atoms with E-state index in [1.165, 1.54) is 0 Å². The lowest BCUT2D eigenvalue weighted by molar-refractivity contribution is 0.0993. The molecule has 0 radical (unpaired) electrons. The van der Waals surface area contributed by atoms with Gasteiger partial charge in [0.1, 0.15) is 5.75 Å². The van der Waals surface area contributed by atoms with E-state index in [0.717, 1.165) is 27.3 Å². The Kier molecular flexibility index (Phi) is 5.07. The summed E-state index contributed by atoms with van der Waals surface area (Å²) in [6.45, 7) is 5.94. The predicted molar refractivity (Wildman–Crippen MR) is 88.6 cm³/mol. The molecule has 0 fully saturated rings. The Labute approximate surface area is 130 Å². The third-order valence-electron chi connectivity index (χ3n) is 3.38. The Morgan fingerprint density at radius 2 is 1.90 bits per heavy atom. The van der Waals surface area contributed by atoms with Gasteiger partial charge in [0.05, 0.1) is 12.4 Å². The molecule has 0 aliphatic rings. The van der Waals surface area contributed by atoms with E-state index < -0.39 is 0 Å². The van der Waals surface area contributed by atoms with Gasteiger partial charge in [-0.1, -0.05) is 23.8 Å². The van der Waals surface area contributed by atoms with Gasteiger partial charge in [0.25, 0.3) is 0 Å². The Morgan fingerprint density at radius 3 is 2.62 bits per heavy atom. The number of carbonyl (C=O) groups is 1. The van der Waals surface area contributed by atoms with Crippen LogP contribution in [0, 0.1) is 13.8 Å². The molecule has 0 amide bonds. The number of aryl methyl sites for hydroxylation is 2. The van der Waals surface area contributed by atoms with E-state index in [0.29, 0.717) is 0 Å². The second-order valence-corrected chi connectivity index (χ2v) is 6.54. The molecular formula is C18H20O2S. The maximum atomic E-state index is 12.6. The van der Waals surface area contributed by atoms with Crippen molar-refractivity contribution in [3.05, 3.63) is 59.2 Å². The van der Waals surface area contributed by atoms with Gasteiger partial charge in [-0.15, -0.1) is 11.8 Å². The van der Waals surface area contributed by atoms with E-state index in [1.54, 1.807) is 18.9 Å². The molecule has 0 aromatic heterocycles. The molecule has 2 rings (SSSR count). The topological polar surface area (TPSA) is 26.3 Å². The van der Waals surface area contributed by atoms with Gasteiger partial charge in [-0.25, -0.2) is 0 Å². The van der Waals surface area contributed by atoms with E-state index in [4.69, 9.17) is 4.74 Å². The maximum Gasteiger partial charge on any atom is 0.176 e. The van der Waals surface area contributed by atoms with Crippen LogP contribution in [0.3, 0.4) is 0 Å². The minimum absolute atomic E-state index is 0.127. The lowest BCUT2D eigenvalue weighted by Crippen LogP contribution is -2.15. The molecule has 0 heterocycles. The number of ketones is 1. The summed E-state index contributed by atoms with van der Waals surface area (Å²) in [5.41, 5.74) is 2.96. The molecule has 21 heavy (non-hydrogen) atoms. The zero-order valence-corrected chi connectivity index (χ0v) is 13.7. The normalized spacial score (nSPS) is 12.0.